The first-order valence-corrected chi connectivity index (χ1v) is 7.36. The zero-order valence-corrected chi connectivity index (χ0v) is 11.5. The molecule has 1 fully saturated rings. The van der Waals surface area contributed by atoms with Crippen LogP contribution in [0.4, 0.5) is 4.39 Å². The normalized spacial score (nSPS) is 15.4. The van der Waals surface area contributed by atoms with Crippen LogP contribution >= 0.6 is 0 Å². The smallest absolute Gasteiger partial charge is 0.254 e. The second-order valence-corrected chi connectivity index (χ2v) is 6.30. The summed E-state index contributed by atoms with van der Waals surface area (Å²) in [6.07, 6.45) is 1.83. The summed E-state index contributed by atoms with van der Waals surface area (Å²) in [4.78, 5) is 13.4. The molecule has 0 atom stereocenters. The van der Waals surface area contributed by atoms with Gasteiger partial charge in [-0.05, 0) is 37.5 Å². The molecule has 1 aromatic rings. The second-order valence-electron chi connectivity index (χ2n) is 4.77. The first-order valence-electron chi connectivity index (χ1n) is 5.82. The number of nitrogens with two attached hydrogens (primary N) is 1. The number of primary sulfonamides is 1. The summed E-state index contributed by atoms with van der Waals surface area (Å²) >= 11 is 0. The van der Waals surface area contributed by atoms with Crippen molar-refractivity contribution < 1.29 is 17.6 Å². The number of rotatable bonds is 3. The highest BCUT2D eigenvalue weighted by atomic mass is 32.2. The van der Waals surface area contributed by atoms with E-state index in [2.05, 4.69) is 0 Å². The zero-order chi connectivity index (χ0) is 14.4. The van der Waals surface area contributed by atoms with Crippen molar-refractivity contribution >= 4 is 15.9 Å². The number of halogens is 1. The monoisotopic (exact) mass is 286 g/mol. The van der Waals surface area contributed by atoms with Crippen molar-refractivity contribution in [3.63, 3.8) is 0 Å². The van der Waals surface area contributed by atoms with E-state index in [1.807, 2.05) is 0 Å². The van der Waals surface area contributed by atoms with Gasteiger partial charge in [0.2, 0.25) is 10.0 Å². The van der Waals surface area contributed by atoms with Crippen LogP contribution in [0.25, 0.3) is 0 Å². The average Bonchev–Trinajstić information content (AvgIpc) is 3.12. The molecule has 1 amide bonds. The Labute approximate surface area is 111 Å². The molecule has 0 unspecified atom stereocenters. The van der Waals surface area contributed by atoms with Crippen LogP contribution in [0.3, 0.4) is 0 Å². The number of hydrogen-bond donors (Lipinski definition) is 1. The van der Waals surface area contributed by atoms with E-state index in [9.17, 15) is 17.6 Å². The molecule has 19 heavy (non-hydrogen) atoms. The van der Waals surface area contributed by atoms with Crippen molar-refractivity contribution in [2.75, 3.05) is 7.05 Å². The van der Waals surface area contributed by atoms with Crippen LogP contribution in [0, 0.1) is 12.7 Å². The molecule has 0 spiro atoms. The minimum Gasteiger partial charge on any atom is -0.339 e. The fraction of sp³-hybridized carbons (Fsp3) is 0.417. The van der Waals surface area contributed by atoms with Crippen LogP contribution in [0.5, 0.6) is 0 Å². The lowest BCUT2D eigenvalue weighted by molar-refractivity contribution is 0.0783. The lowest BCUT2D eigenvalue weighted by atomic mass is 10.1. The fourth-order valence-electron chi connectivity index (χ4n) is 1.99. The maximum Gasteiger partial charge on any atom is 0.254 e. The average molecular weight is 286 g/mol. The molecule has 0 bridgehead atoms. The van der Waals surface area contributed by atoms with Gasteiger partial charge < -0.3 is 4.90 Å². The van der Waals surface area contributed by atoms with E-state index in [1.54, 1.807) is 7.05 Å². The predicted octanol–water partition coefficient (Wildman–Crippen LogP) is 1.02. The minimum atomic E-state index is -4.05. The first-order chi connectivity index (χ1) is 8.71. The Morgan fingerprint density at radius 2 is 2.00 bits per heavy atom. The minimum absolute atomic E-state index is 0.0402. The molecule has 1 aliphatic rings. The molecule has 1 aliphatic carbocycles. The first kappa shape index (κ1) is 14.0. The molecule has 1 saturated carbocycles. The Balaban J connectivity index is 2.51. The third-order valence-electron chi connectivity index (χ3n) is 3.28. The van der Waals surface area contributed by atoms with Crippen LogP contribution in [0.1, 0.15) is 28.8 Å². The number of hydrogen-bond acceptors (Lipinski definition) is 3. The highest BCUT2D eigenvalue weighted by Crippen LogP contribution is 2.28. The number of amides is 1. The Morgan fingerprint density at radius 3 is 2.47 bits per heavy atom. The molecule has 0 saturated heterocycles. The summed E-state index contributed by atoms with van der Waals surface area (Å²) in [5, 5.41) is 5.02. The molecule has 0 aromatic heterocycles. The van der Waals surface area contributed by atoms with Gasteiger partial charge in [0.05, 0.1) is 4.90 Å². The van der Waals surface area contributed by atoms with E-state index in [0.717, 1.165) is 25.0 Å². The highest BCUT2D eigenvalue weighted by molar-refractivity contribution is 7.89. The highest BCUT2D eigenvalue weighted by Gasteiger charge is 2.31. The van der Waals surface area contributed by atoms with Crippen LogP contribution in [-0.2, 0) is 10.0 Å². The number of nitrogens with zero attached hydrogens (tertiary/aromatic N) is 1. The molecular formula is C12H15FN2O3S. The molecule has 0 radical (unpaired) electrons. The standard InChI is InChI=1S/C12H15FN2O3S/c1-7-10(12(16)15(2)9-3-4-9)5-8(13)6-11(7)19(14,17)18/h5-6,9H,3-4H2,1-2H3,(H2,14,17,18). The van der Waals surface area contributed by atoms with E-state index in [0.29, 0.717) is 0 Å². The summed E-state index contributed by atoms with van der Waals surface area (Å²) in [5.41, 5.74) is 0.222. The second kappa shape index (κ2) is 4.57. The summed E-state index contributed by atoms with van der Waals surface area (Å²) < 4.78 is 36.3. The fourth-order valence-corrected chi connectivity index (χ4v) is 2.80. The van der Waals surface area contributed by atoms with E-state index in [1.165, 1.54) is 11.8 Å². The Morgan fingerprint density at radius 1 is 1.42 bits per heavy atom. The molecular weight excluding hydrogens is 271 g/mol. The molecule has 7 heteroatoms. The van der Waals surface area contributed by atoms with Crippen LogP contribution in [-0.4, -0.2) is 32.3 Å². The van der Waals surface area contributed by atoms with Crippen molar-refractivity contribution in [1.82, 2.24) is 4.90 Å². The van der Waals surface area contributed by atoms with Gasteiger partial charge in [0.25, 0.3) is 5.91 Å². The quantitative estimate of drug-likeness (QED) is 0.900. The van der Waals surface area contributed by atoms with Crippen molar-refractivity contribution in [3.05, 3.63) is 29.1 Å². The maximum atomic E-state index is 13.5. The summed E-state index contributed by atoms with van der Waals surface area (Å²) in [5.74, 6) is -1.17. The van der Waals surface area contributed by atoms with Gasteiger partial charge >= 0.3 is 0 Å². The SMILES string of the molecule is Cc1c(C(=O)N(C)C2CC2)cc(F)cc1S(N)(=O)=O. The molecule has 104 valence electrons. The number of carbonyl (C=O) groups excluding carboxylic acids is 1. The third-order valence-corrected chi connectivity index (χ3v) is 4.31. The van der Waals surface area contributed by atoms with Crippen molar-refractivity contribution in [2.45, 2.75) is 30.7 Å². The summed E-state index contributed by atoms with van der Waals surface area (Å²) in [6.45, 7) is 1.45. The van der Waals surface area contributed by atoms with Gasteiger partial charge in [-0.25, -0.2) is 17.9 Å². The maximum absolute atomic E-state index is 13.5. The van der Waals surface area contributed by atoms with Gasteiger partial charge in [0, 0.05) is 18.7 Å². The largest absolute Gasteiger partial charge is 0.339 e. The topological polar surface area (TPSA) is 80.5 Å². The van der Waals surface area contributed by atoms with Gasteiger partial charge in [0.15, 0.2) is 0 Å². The van der Waals surface area contributed by atoms with E-state index < -0.39 is 15.8 Å². The Kier molecular flexibility index (Phi) is 3.36. The van der Waals surface area contributed by atoms with Crippen LogP contribution in [0.15, 0.2) is 17.0 Å². The summed E-state index contributed by atoms with van der Waals surface area (Å²) in [6, 6.07) is 2.04. The molecule has 1 aromatic carbocycles. The zero-order valence-electron chi connectivity index (χ0n) is 10.7. The number of benzene rings is 1. The van der Waals surface area contributed by atoms with Gasteiger partial charge in [0.1, 0.15) is 5.82 Å². The third kappa shape index (κ3) is 2.76. The van der Waals surface area contributed by atoms with Crippen molar-refractivity contribution in [3.8, 4) is 0 Å². The van der Waals surface area contributed by atoms with E-state index in [4.69, 9.17) is 5.14 Å². The summed E-state index contributed by atoms with van der Waals surface area (Å²) in [7, 11) is -2.43. The van der Waals surface area contributed by atoms with Gasteiger partial charge in [-0.1, -0.05) is 0 Å². The molecule has 5 nitrogen and oxygen atoms in total. The number of sulfonamides is 1. The van der Waals surface area contributed by atoms with Crippen molar-refractivity contribution in [2.24, 2.45) is 5.14 Å². The van der Waals surface area contributed by atoms with Gasteiger partial charge in [-0.3, -0.25) is 4.79 Å². The Bertz CT molecular complexity index is 639. The van der Waals surface area contributed by atoms with Gasteiger partial charge in [-0.15, -0.1) is 0 Å². The van der Waals surface area contributed by atoms with E-state index in [-0.39, 0.29) is 28.0 Å². The van der Waals surface area contributed by atoms with Crippen LogP contribution < -0.4 is 5.14 Å². The number of carbonyl (C=O) groups is 1. The molecule has 0 heterocycles. The predicted molar refractivity (Wildman–Crippen MR) is 67.6 cm³/mol. The van der Waals surface area contributed by atoms with Crippen LogP contribution in [0.2, 0.25) is 0 Å². The van der Waals surface area contributed by atoms with E-state index >= 15 is 0 Å². The molecule has 2 rings (SSSR count). The van der Waals surface area contributed by atoms with Crippen molar-refractivity contribution in [1.29, 1.82) is 0 Å². The Hall–Kier alpha value is -1.47. The molecule has 0 aliphatic heterocycles. The molecule has 2 N–H and O–H groups in total. The lowest BCUT2D eigenvalue weighted by Crippen LogP contribution is -2.30. The van der Waals surface area contributed by atoms with Gasteiger partial charge in [-0.2, -0.15) is 0 Å². The lowest BCUT2D eigenvalue weighted by Gasteiger charge is -2.18.